The Labute approximate surface area is 81.5 Å². The Kier molecular flexibility index (Phi) is 6.82. The molecule has 13 heavy (non-hydrogen) atoms. The third kappa shape index (κ3) is 5.01. The molecule has 1 rings (SSSR count). The van der Waals surface area contributed by atoms with Crippen LogP contribution in [0.2, 0.25) is 0 Å². The van der Waals surface area contributed by atoms with E-state index in [9.17, 15) is 4.79 Å². The molecule has 0 aliphatic carbocycles. The van der Waals surface area contributed by atoms with Gasteiger partial charge in [0.15, 0.2) is 0 Å². The molecule has 0 aromatic carbocycles. The molecule has 1 aliphatic rings. The van der Waals surface area contributed by atoms with Gasteiger partial charge in [-0.1, -0.05) is 13.8 Å². The molecule has 0 amide bonds. The molecule has 0 bridgehead atoms. The molecule has 1 fully saturated rings. The summed E-state index contributed by atoms with van der Waals surface area (Å²) in [7, 11) is 1.97. The topological polar surface area (TPSA) is 32.3 Å². The maximum atomic E-state index is 10.7. The van der Waals surface area contributed by atoms with Crippen LogP contribution in [0.1, 0.15) is 27.2 Å². The molecule has 3 heteroatoms. The highest BCUT2D eigenvalue weighted by molar-refractivity contribution is 5.77. The number of likely N-dealkylation sites (tertiary alicyclic amines) is 1. The maximum Gasteiger partial charge on any atom is 0.143 e. The first-order valence-electron chi connectivity index (χ1n) is 5.11. The molecule has 78 valence electrons. The summed E-state index contributed by atoms with van der Waals surface area (Å²) in [5.74, 6) is 0.266. The number of hydrogen-bond acceptors (Lipinski definition) is 3. The molecule has 3 nitrogen and oxygen atoms in total. The molecular weight excluding hydrogens is 164 g/mol. The van der Waals surface area contributed by atoms with Gasteiger partial charge in [0.25, 0.3) is 0 Å². The van der Waals surface area contributed by atoms with Crippen LogP contribution in [0, 0.1) is 0 Å². The number of nitrogens with zero attached hydrogens (tertiary/aromatic N) is 1. The van der Waals surface area contributed by atoms with Crippen LogP contribution in [0.4, 0.5) is 0 Å². The molecular formula is C10H22N2O. The van der Waals surface area contributed by atoms with Gasteiger partial charge in [0.2, 0.25) is 0 Å². The SMILES string of the molecule is CC.CNC1CCN(CC(C)=O)C1. The second kappa shape index (κ2) is 7.04. The summed E-state index contributed by atoms with van der Waals surface area (Å²) < 4.78 is 0. The van der Waals surface area contributed by atoms with Crippen molar-refractivity contribution < 1.29 is 4.79 Å². The van der Waals surface area contributed by atoms with E-state index in [0.717, 1.165) is 13.1 Å². The lowest BCUT2D eigenvalue weighted by Crippen LogP contribution is -2.31. The summed E-state index contributed by atoms with van der Waals surface area (Å²) in [6.45, 7) is 8.35. The second-order valence-corrected chi connectivity index (χ2v) is 3.21. The zero-order chi connectivity index (χ0) is 10.3. The van der Waals surface area contributed by atoms with Crippen molar-refractivity contribution in [2.75, 3.05) is 26.7 Å². The molecule has 1 unspecified atom stereocenters. The third-order valence-corrected chi connectivity index (χ3v) is 2.13. The minimum Gasteiger partial charge on any atom is -0.316 e. The van der Waals surface area contributed by atoms with Crippen molar-refractivity contribution in [3.8, 4) is 0 Å². The first kappa shape index (κ1) is 12.6. The first-order chi connectivity index (χ1) is 6.22. The summed E-state index contributed by atoms with van der Waals surface area (Å²) in [6, 6.07) is 0.592. The molecule has 1 heterocycles. The van der Waals surface area contributed by atoms with E-state index in [1.54, 1.807) is 6.92 Å². The quantitative estimate of drug-likeness (QED) is 0.710. The van der Waals surface area contributed by atoms with Crippen LogP contribution >= 0.6 is 0 Å². The van der Waals surface area contributed by atoms with Gasteiger partial charge in [0.1, 0.15) is 5.78 Å². The van der Waals surface area contributed by atoms with Crippen LogP contribution in [-0.4, -0.2) is 43.4 Å². The fourth-order valence-corrected chi connectivity index (χ4v) is 1.53. The lowest BCUT2D eigenvalue weighted by atomic mass is 10.3. The number of rotatable bonds is 3. The summed E-state index contributed by atoms with van der Waals surface area (Å²) >= 11 is 0. The lowest BCUT2D eigenvalue weighted by Gasteiger charge is -2.12. The van der Waals surface area contributed by atoms with Gasteiger partial charge in [-0.25, -0.2) is 0 Å². The van der Waals surface area contributed by atoms with Crippen molar-refractivity contribution in [2.24, 2.45) is 0 Å². The van der Waals surface area contributed by atoms with Gasteiger partial charge in [-0.2, -0.15) is 0 Å². The number of nitrogens with one attached hydrogen (secondary N) is 1. The van der Waals surface area contributed by atoms with E-state index in [-0.39, 0.29) is 5.78 Å². The highest BCUT2D eigenvalue weighted by atomic mass is 16.1. The van der Waals surface area contributed by atoms with Crippen molar-refractivity contribution in [1.82, 2.24) is 10.2 Å². The zero-order valence-corrected chi connectivity index (χ0v) is 9.26. The van der Waals surface area contributed by atoms with E-state index in [0.29, 0.717) is 12.6 Å². The van der Waals surface area contributed by atoms with Gasteiger partial charge in [0.05, 0.1) is 6.54 Å². The Morgan fingerprint density at radius 2 is 2.15 bits per heavy atom. The number of ketones is 1. The molecule has 1 atom stereocenters. The fourth-order valence-electron chi connectivity index (χ4n) is 1.53. The van der Waals surface area contributed by atoms with E-state index >= 15 is 0 Å². The molecule has 1 saturated heterocycles. The van der Waals surface area contributed by atoms with Crippen molar-refractivity contribution in [1.29, 1.82) is 0 Å². The van der Waals surface area contributed by atoms with Crippen molar-refractivity contribution in [3.63, 3.8) is 0 Å². The van der Waals surface area contributed by atoms with Crippen LogP contribution in [0.15, 0.2) is 0 Å². The minimum atomic E-state index is 0.266. The van der Waals surface area contributed by atoms with Gasteiger partial charge in [-0.15, -0.1) is 0 Å². The Bertz CT molecular complexity index is 148. The predicted molar refractivity (Wildman–Crippen MR) is 55.9 cm³/mol. The minimum absolute atomic E-state index is 0.266. The molecule has 1 N–H and O–H groups in total. The van der Waals surface area contributed by atoms with Gasteiger partial charge in [-0.3, -0.25) is 9.69 Å². The number of hydrogen-bond donors (Lipinski definition) is 1. The Hall–Kier alpha value is -0.410. The normalized spacial score (nSPS) is 22.3. The molecule has 1 aliphatic heterocycles. The summed E-state index contributed by atoms with van der Waals surface area (Å²) in [5, 5.41) is 3.21. The number of carbonyl (C=O) groups is 1. The van der Waals surface area contributed by atoms with Crippen LogP contribution in [0.25, 0.3) is 0 Å². The van der Waals surface area contributed by atoms with E-state index in [2.05, 4.69) is 10.2 Å². The van der Waals surface area contributed by atoms with Gasteiger partial charge >= 0.3 is 0 Å². The highest BCUT2D eigenvalue weighted by Gasteiger charge is 2.20. The van der Waals surface area contributed by atoms with E-state index < -0.39 is 0 Å². The van der Waals surface area contributed by atoms with Crippen LogP contribution < -0.4 is 5.32 Å². The second-order valence-electron chi connectivity index (χ2n) is 3.21. The molecule has 0 spiro atoms. The van der Waals surface area contributed by atoms with E-state index in [1.165, 1.54) is 6.42 Å². The zero-order valence-electron chi connectivity index (χ0n) is 9.26. The number of likely N-dealkylation sites (N-methyl/N-ethyl adjacent to an activating group) is 1. The average molecular weight is 186 g/mol. The average Bonchev–Trinajstić information content (AvgIpc) is 2.55. The summed E-state index contributed by atoms with van der Waals surface area (Å²) in [5.41, 5.74) is 0. The maximum absolute atomic E-state index is 10.7. The van der Waals surface area contributed by atoms with E-state index in [1.807, 2.05) is 20.9 Å². The summed E-state index contributed by atoms with van der Waals surface area (Å²) in [4.78, 5) is 12.9. The van der Waals surface area contributed by atoms with Crippen LogP contribution in [-0.2, 0) is 4.79 Å². The third-order valence-electron chi connectivity index (χ3n) is 2.13. The monoisotopic (exact) mass is 186 g/mol. The number of Topliss-reactive ketones (excluding diaryl/α,β-unsaturated/α-hetero) is 1. The predicted octanol–water partition coefficient (Wildman–Crippen LogP) is 0.895. The molecule has 0 aromatic rings. The number of carbonyl (C=O) groups excluding carboxylic acids is 1. The Morgan fingerprint density at radius 3 is 2.54 bits per heavy atom. The Balaban J connectivity index is 0.000000671. The van der Waals surface area contributed by atoms with Crippen LogP contribution in [0.5, 0.6) is 0 Å². The first-order valence-corrected chi connectivity index (χ1v) is 5.11. The smallest absolute Gasteiger partial charge is 0.143 e. The lowest BCUT2D eigenvalue weighted by molar-refractivity contribution is -0.117. The fraction of sp³-hybridized carbons (Fsp3) is 0.900. The Morgan fingerprint density at radius 1 is 1.54 bits per heavy atom. The van der Waals surface area contributed by atoms with Crippen molar-refractivity contribution >= 4 is 5.78 Å². The molecule has 0 aromatic heterocycles. The summed E-state index contributed by atoms with van der Waals surface area (Å²) in [6.07, 6.45) is 1.17. The molecule has 0 saturated carbocycles. The van der Waals surface area contributed by atoms with Crippen LogP contribution in [0.3, 0.4) is 0 Å². The van der Waals surface area contributed by atoms with E-state index in [4.69, 9.17) is 0 Å². The van der Waals surface area contributed by atoms with Gasteiger partial charge in [-0.05, 0) is 20.4 Å². The largest absolute Gasteiger partial charge is 0.316 e. The highest BCUT2D eigenvalue weighted by Crippen LogP contribution is 2.07. The molecule has 0 radical (unpaired) electrons. The van der Waals surface area contributed by atoms with Crippen molar-refractivity contribution in [2.45, 2.75) is 33.2 Å². The standard InChI is InChI=1S/C8H16N2O.C2H6/c1-7(11)5-10-4-3-8(6-10)9-2;1-2/h8-9H,3-6H2,1-2H3;1-2H3. The van der Waals surface area contributed by atoms with Gasteiger partial charge < -0.3 is 5.32 Å². The van der Waals surface area contributed by atoms with Crippen molar-refractivity contribution in [3.05, 3.63) is 0 Å². The van der Waals surface area contributed by atoms with Gasteiger partial charge in [0, 0.05) is 19.1 Å².